The first-order chi connectivity index (χ1) is 23.2. The Morgan fingerprint density at radius 1 is 0.392 bits per heavy atom. The van der Waals surface area contributed by atoms with Crippen LogP contribution in [0.4, 0.5) is 39.5 Å². The molecule has 0 bridgehead atoms. The van der Waals surface area contributed by atoms with Crippen LogP contribution in [0.1, 0.15) is 16.7 Å². The van der Waals surface area contributed by atoms with Gasteiger partial charge in [0.25, 0.3) is 0 Å². The molecular formula is C30H21F9O9S3. The second-order valence-corrected chi connectivity index (χ2v) is 15.1. The number of halogens is 9. The monoisotopic (exact) mass is 792 g/mol. The molecule has 0 spiro atoms. The van der Waals surface area contributed by atoms with Crippen LogP contribution in [0.25, 0.3) is 33.4 Å². The van der Waals surface area contributed by atoms with Crippen LogP contribution < -0.4 is 12.5 Å². The van der Waals surface area contributed by atoms with Crippen molar-refractivity contribution in [3.8, 4) is 50.6 Å². The maximum absolute atomic E-state index is 13.4. The van der Waals surface area contributed by atoms with Gasteiger partial charge in [0.1, 0.15) is 0 Å². The lowest BCUT2D eigenvalue weighted by atomic mass is 9.80. The molecule has 0 aliphatic rings. The highest BCUT2D eigenvalue weighted by Crippen LogP contribution is 2.50. The zero-order chi connectivity index (χ0) is 38.5. The van der Waals surface area contributed by atoms with Crippen LogP contribution in [0.3, 0.4) is 0 Å². The third-order valence-corrected chi connectivity index (χ3v) is 10.1. The van der Waals surface area contributed by atoms with Crippen LogP contribution in [0.15, 0.2) is 72.8 Å². The van der Waals surface area contributed by atoms with E-state index >= 15 is 0 Å². The molecule has 0 aliphatic heterocycles. The fourth-order valence-electron chi connectivity index (χ4n) is 5.16. The van der Waals surface area contributed by atoms with Crippen molar-refractivity contribution in [3.05, 3.63) is 89.5 Å². The Bertz CT molecular complexity index is 2050. The zero-order valence-electron chi connectivity index (χ0n) is 25.7. The molecule has 9 nitrogen and oxygen atoms in total. The van der Waals surface area contributed by atoms with E-state index in [1.54, 1.807) is 0 Å². The van der Waals surface area contributed by atoms with Crippen LogP contribution in [-0.2, 0) is 30.4 Å². The van der Waals surface area contributed by atoms with Crippen LogP contribution in [0, 0.1) is 20.8 Å². The Hall–Kier alpha value is -4.50. The van der Waals surface area contributed by atoms with E-state index in [1.807, 2.05) is 0 Å². The Balaban J connectivity index is 2.19. The highest BCUT2D eigenvalue weighted by molar-refractivity contribution is 7.88. The van der Waals surface area contributed by atoms with Gasteiger partial charge >= 0.3 is 46.9 Å². The summed E-state index contributed by atoms with van der Waals surface area (Å²) in [4.78, 5) is 0. The Morgan fingerprint density at radius 3 is 0.784 bits per heavy atom. The molecule has 0 saturated heterocycles. The third-order valence-electron chi connectivity index (χ3n) is 7.17. The molecule has 0 N–H and O–H groups in total. The molecule has 4 aromatic rings. The van der Waals surface area contributed by atoms with Gasteiger partial charge in [0, 0.05) is 16.7 Å². The van der Waals surface area contributed by atoms with Crippen molar-refractivity contribution in [2.75, 3.05) is 0 Å². The molecule has 0 amide bonds. The molecule has 51 heavy (non-hydrogen) atoms. The van der Waals surface area contributed by atoms with E-state index in [0.717, 1.165) is 54.6 Å². The molecule has 276 valence electrons. The summed E-state index contributed by atoms with van der Waals surface area (Å²) in [6.07, 6.45) is 0. The van der Waals surface area contributed by atoms with E-state index in [9.17, 15) is 64.8 Å². The summed E-state index contributed by atoms with van der Waals surface area (Å²) in [6.45, 7) is 3.82. The van der Waals surface area contributed by atoms with Gasteiger partial charge in [0.15, 0.2) is 17.2 Å². The molecule has 4 rings (SSSR count). The van der Waals surface area contributed by atoms with Gasteiger partial charge in [0.2, 0.25) is 0 Å². The molecule has 0 heterocycles. The van der Waals surface area contributed by atoms with E-state index < -0.39 is 80.8 Å². The lowest BCUT2D eigenvalue weighted by Crippen LogP contribution is -2.28. The van der Waals surface area contributed by atoms with Gasteiger partial charge < -0.3 is 12.5 Å². The number of hydrogen-bond donors (Lipinski definition) is 0. The number of rotatable bonds is 9. The first-order valence-corrected chi connectivity index (χ1v) is 17.9. The van der Waals surface area contributed by atoms with Crippen molar-refractivity contribution in [1.29, 1.82) is 0 Å². The summed E-state index contributed by atoms with van der Waals surface area (Å²) in [7, 11) is -18.9. The second kappa shape index (κ2) is 13.2. The van der Waals surface area contributed by atoms with Gasteiger partial charge in [0.05, 0.1) is 0 Å². The quantitative estimate of drug-likeness (QED) is 0.0934. The van der Waals surface area contributed by atoms with Crippen LogP contribution >= 0.6 is 0 Å². The minimum absolute atomic E-state index is 0.0593. The minimum atomic E-state index is -6.31. The second-order valence-electron chi connectivity index (χ2n) is 10.4. The largest absolute Gasteiger partial charge is 0.534 e. The molecule has 21 heteroatoms. The zero-order valence-corrected chi connectivity index (χ0v) is 28.2. The number of para-hydroxylation sites is 3. The van der Waals surface area contributed by atoms with E-state index in [2.05, 4.69) is 12.5 Å². The Labute approximate surface area is 284 Å². The van der Waals surface area contributed by atoms with E-state index in [1.165, 1.54) is 39.0 Å². The lowest BCUT2D eigenvalue weighted by molar-refractivity contribution is -0.0504. The lowest BCUT2D eigenvalue weighted by Gasteiger charge is -2.26. The third kappa shape index (κ3) is 7.59. The molecule has 0 fully saturated rings. The SMILES string of the molecule is Cc1c(-c2ccccc2OS(=O)(=O)C(F)(F)F)c(C)c(-c2ccccc2OS(=O)(=O)C(F)(F)F)c(C)c1-c1ccccc1OS(=O)(=O)C(F)(F)F. The highest BCUT2D eigenvalue weighted by Gasteiger charge is 2.50. The Morgan fingerprint density at radius 2 is 0.588 bits per heavy atom. The molecule has 0 saturated carbocycles. The minimum Gasteiger partial charge on any atom is -0.375 e. The van der Waals surface area contributed by atoms with Gasteiger partial charge in [-0.1, -0.05) is 54.6 Å². The van der Waals surface area contributed by atoms with Crippen molar-refractivity contribution in [3.63, 3.8) is 0 Å². The molecule has 0 aliphatic carbocycles. The van der Waals surface area contributed by atoms with Crippen molar-refractivity contribution in [2.24, 2.45) is 0 Å². The Kier molecular flexibility index (Phi) is 10.2. The normalized spacial score (nSPS) is 13.2. The first kappa shape index (κ1) is 39.3. The molecule has 4 aromatic carbocycles. The van der Waals surface area contributed by atoms with E-state index in [4.69, 9.17) is 0 Å². The van der Waals surface area contributed by atoms with E-state index in [0.29, 0.717) is 0 Å². The fraction of sp³-hybridized carbons (Fsp3) is 0.200. The highest BCUT2D eigenvalue weighted by atomic mass is 32.2. The average molecular weight is 793 g/mol. The summed E-state index contributed by atoms with van der Waals surface area (Å²) in [5, 5.41) is 0. The molecule has 0 unspecified atom stereocenters. The number of hydrogen-bond acceptors (Lipinski definition) is 9. The molecule has 0 atom stereocenters. The van der Waals surface area contributed by atoms with Crippen molar-refractivity contribution in [1.82, 2.24) is 0 Å². The van der Waals surface area contributed by atoms with Crippen LogP contribution in [-0.4, -0.2) is 41.8 Å². The van der Waals surface area contributed by atoms with Crippen molar-refractivity contribution in [2.45, 2.75) is 37.3 Å². The maximum Gasteiger partial charge on any atom is 0.534 e. The average Bonchev–Trinajstić information content (AvgIpc) is 2.97. The van der Waals surface area contributed by atoms with Crippen molar-refractivity contribution < 1.29 is 77.3 Å². The molecule has 0 aromatic heterocycles. The first-order valence-electron chi connectivity index (χ1n) is 13.7. The summed E-state index contributed by atoms with van der Waals surface area (Å²) in [5.41, 5.74) is -19.7. The van der Waals surface area contributed by atoms with Gasteiger partial charge in [-0.3, -0.25) is 0 Å². The predicted octanol–water partition coefficient (Wildman–Crippen LogP) is 8.30. The summed E-state index contributed by atoms with van der Waals surface area (Å²) >= 11 is 0. The predicted molar refractivity (Wildman–Crippen MR) is 164 cm³/mol. The number of alkyl halides is 9. The summed E-state index contributed by atoms with van der Waals surface area (Å²) in [6, 6.07) is 12.8. The molecule has 0 radical (unpaired) electrons. The van der Waals surface area contributed by atoms with E-state index in [-0.39, 0.29) is 33.4 Å². The fourth-order valence-corrected chi connectivity index (χ4v) is 6.59. The summed E-state index contributed by atoms with van der Waals surface area (Å²) < 4.78 is 206. The smallest absolute Gasteiger partial charge is 0.375 e. The molecular weight excluding hydrogens is 772 g/mol. The van der Waals surface area contributed by atoms with Gasteiger partial charge in [-0.05, 0) is 72.4 Å². The van der Waals surface area contributed by atoms with Crippen LogP contribution in [0.5, 0.6) is 17.2 Å². The van der Waals surface area contributed by atoms with Crippen LogP contribution in [0.2, 0.25) is 0 Å². The maximum atomic E-state index is 13.4. The van der Waals surface area contributed by atoms with Gasteiger partial charge in [-0.25, -0.2) is 0 Å². The van der Waals surface area contributed by atoms with Crippen molar-refractivity contribution >= 4 is 30.4 Å². The topological polar surface area (TPSA) is 130 Å². The standard InChI is InChI=1S/C30H21F9O9S3/c1-16-25(19-10-4-7-13-22(19)46-49(40,41)28(31,32)33)17(2)27(21-12-6-9-15-24(21)48-51(44,45)30(37,38)39)18(3)26(16)20-11-5-8-14-23(20)47-50(42,43)29(34,35)36/h4-15H,1-3H3. The summed E-state index contributed by atoms with van der Waals surface area (Å²) in [5.74, 6) is -2.76. The number of benzene rings is 4. The van der Waals surface area contributed by atoms with Gasteiger partial charge in [-0.15, -0.1) is 0 Å². The van der Waals surface area contributed by atoms with Gasteiger partial charge in [-0.2, -0.15) is 64.8 Å².